The van der Waals surface area contributed by atoms with Gasteiger partial charge < -0.3 is 0 Å². The second kappa shape index (κ2) is 7.40. The molecule has 0 unspecified atom stereocenters. The van der Waals surface area contributed by atoms with E-state index in [9.17, 15) is 21.6 Å². The summed E-state index contributed by atoms with van der Waals surface area (Å²) in [4.78, 5) is 14.3. The van der Waals surface area contributed by atoms with Gasteiger partial charge in [-0.1, -0.05) is 6.07 Å². The lowest BCUT2D eigenvalue weighted by Gasteiger charge is -2.35. The van der Waals surface area contributed by atoms with Gasteiger partial charge in [0.25, 0.3) is 0 Å². The Morgan fingerprint density at radius 2 is 1.82 bits per heavy atom. The van der Waals surface area contributed by atoms with Crippen molar-refractivity contribution in [3.63, 3.8) is 0 Å². The molecule has 2 fully saturated rings. The molecule has 1 amide bonds. The van der Waals surface area contributed by atoms with E-state index >= 15 is 0 Å². The van der Waals surface area contributed by atoms with E-state index in [4.69, 9.17) is 0 Å². The van der Waals surface area contributed by atoms with Crippen molar-refractivity contribution in [3.05, 3.63) is 23.8 Å². The summed E-state index contributed by atoms with van der Waals surface area (Å²) in [6, 6.07) is 4.25. The van der Waals surface area contributed by atoms with Crippen LogP contribution in [0.4, 0.5) is 5.69 Å². The fourth-order valence-electron chi connectivity index (χ4n) is 3.66. The van der Waals surface area contributed by atoms with Gasteiger partial charge in [0.2, 0.25) is 26.0 Å². The van der Waals surface area contributed by atoms with E-state index in [1.54, 1.807) is 6.92 Å². The Hall–Kier alpha value is -1.49. The van der Waals surface area contributed by atoms with Gasteiger partial charge in [-0.2, -0.15) is 0 Å². The van der Waals surface area contributed by atoms with Gasteiger partial charge in [0.1, 0.15) is 0 Å². The van der Waals surface area contributed by atoms with Crippen LogP contribution in [0.1, 0.15) is 38.7 Å². The van der Waals surface area contributed by atoms with Crippen molar-refractivity contribution in [2.45, 2.75) is 50.5 Å². The maximum Gasteiger partial charge on any atom is 0.242 e. The summed E-state index contributed by atoms with van der Waals surface area (Å²) in [5, 5.41) is 0. The number of nitrogens with zero attached hydrogens (tertiary/aromatic N) is 2. The number of anilines is 1. The van der Waals surface area contributed by atoms with Crippen molar-refractivity contribution in [1.29, 1.82) is 0 Å². The highest BCUT2D eigenvalue weighted by atomic mass is 32.2. The van der Waals surface area contributed by atoms with Gasteiger partial charge in [0.05, 0.1) is 16.3 Å². The molecule has 0 aromatic heterocycles. The number of carbonyl (C=O) groups excluding carboxylic acids is 1. The largest absolute Gasteiger partial charge is 0.297 e. The molecule has 2 aliphatic rings. The molecule has 1 aromatic rings. The van der Waals surface area contributed by atoms with E-state index in [0.29, 0.717) is 9.87 Å². The number of nitrogens with one attached hydrogen (secondary N) is 1. The Morgan fingerprint density at radius 1 is 1.18 bits per heavy atom. The van der Waals surface area contributed by atoms with Crippen molar-refractivity contribution >= 4 is 31.6 Å². The van der Waals surface area contributed by atoms with Gasteiger partial charge in [0, 0.05) is 18.5 Å². The van der Waals surface area contributed by atoms with E-state index < -0.39 is 26.0 Å². The highest BCUT2D eigenvalue weighted by Gasteiger charge is 2.37. The topological polar surface area (TPSA) is 104 Å². The molecular formula is C18H27N3O5S2. The summed E-state index contributed by atoms with van der Waals surface area (Å²) in [7, 11) is -7.62. The third-order valence-electron chi connectivity index (χ3n) is 5.43. The van der Waals surface area contributed by atoms with Crippen LogP contribution in [0.2, 0.25) is 0 Å². The monoisotopic (exact) mass is 429 g/mol. The second-order valence-electron chi connectivity index (χ2n) is 8.01. The molecule has 1 aromatic carbocycles. The van der Waals surface area contributed by atoms with E-state index in [1.165, 1.54) is 18.2 Å². The predicted octanol–water partition coefficient (Wildman–Crippen LogP) is 1.21. The zero-order chi connectivity index (χ0) is 20.7. The molecule has 3 rings (SSSR count). The molecule has 0 bridgehead atoms. The van der Waals surface area contributed by atoms with E-state index in [1.807, 2.05) is 13.8 Å². The first-order chi connectivity index (χ1) is 12.9. The number of hydrogen-bond acceptors (Lipinski definition) is 6. The molecule has 2 aliphatic heterocycles. The minimum Gasteiger partial charge on any atom is -0.297 e. The first-order valence-electron chi connectivity index (χ1n) is 9.35. The van der Waals surface area contributed by atoms with Gasteiger partial charge in [-0.15, -0.1) is 0 Å². The predicted molar refractivity (Wildman–Crippen MR) is 107 cm³/mol. The molecule has 1 N–H and O–H groups in total. The standard InChI is InChI=1S/C18H27N3O5S2/c1-14-6-7-15(21-17(22)8-11-27(21,23)24)12-16(14)28(25,26)19-13-18(2,3)20-9-4-5-10-20/h6-7,12,19H,4-5,8-11,13H2,1-3H3. The van der Waals surface area contributed by atoms with Crippen molar-refractivity contribution in [3.8, 4) is 0 Å². The van der Waals surface area contributed by atoms with E-state index in [2.05, 4.69) is 9.62 Å². The summed E-state index contributed by atoms with van der Waals surface area (Å²) >= 11 is 0. The molecule has 0 atom stereocenters. The molecule has 0 saturated carbocycles. The van der Waals surface area contributed by atoms with Crippen LogP contribution in [0.5, 0.6) is 0 Å². The molecule has 2 heterocycles. The van der Waals surface area contributed by atoms with Crippen molar-refractivity contribution in [2.75, 3.05) is 29.7 Å². The third-order valence-corrected chi connectivity index (χ3v) is 8.67. The van der Waals surface area contributed by atoms with Gasteiger partial charge in [-0.3, -0.25) is 9.69 Å². The summed E-state index contributed by atoms with van der Waals surface area (Å²) in [5.41, 5.74) is 0.218. The highest BCUT2D eigenvalue weighted by Crippen LogP contribution is 2.29. The van der Waals surface area contributed by atoms with E-state index in [0.717, 1.165) is 25.9 Å². The molecule has 28 heavy (non-hydrogen) atoms. The van der Waals surface area contributed by atoms with Gasteiger partial charge in [0.15, 0.2) is 0 Å². The minimum absolute atomic E-state index is 0.0166. The molecule has 8 nitrogen and oxygen atoms in total. The SMILES string of the molecule is Cc1ccc(N2C(=O)CCS2(=O)=O)cc1S(=O)(=O)NCC(C)(C)N1CCCC1. The van der Waals surface area contributed by atoms with Crippen LogP contribution in [0, 0.1) is 6.92 Å². The fraction of sp³-hybridized carbons (Fsp3) is 0.611. The Labute approximate surface area is 167 Å². The normalized spacial score (nSPS) is 20.8. The van der Waals surface area contributed by atoms with Crippen LogP contribution in [0.25, 0.3) is 0 Å². The van der Waals surface area contributed by atoms with Crippen LogP contribution in [-0.2, 0) is 24.8 Å². The highest BCUT2D eigenvalue weighted by molar-refractivity contribution is 7.94. The van der Waals surface area contributed by atoms with Gasteiger partial charge in [-0.25, -0.2) is 25.9 Å². The smallest absolute Gasteiger partial charge is 0.242 e. The average molecular weight is 430 g/mol. The maximum atomic E-state index is 12.9. The van der Waals surface area contributed by atoms with Crippen LogP contribution in [0.3, 0.4) is 0 Å². The van der Waals surface area contributed by atoms with E-state index in [-0.39, 0.29) is 34.8 Å². The second-order valence-corrected chi connectivity index (χ2v) is 11.7. The van der Waals surface area contributed by atoms with Crippen LogP contribution >= 0.6 is 0 Å². The third kappa shape index (κ3) is 4.10. The molecule has 0 radical (unpaired) electrons. The number of hydrogen-bond donors (Lipinski definition) is 1. The first kappa shape index (κ1) is 21.2. The minimum atomic E-state index is -3.87. The van der Waals surface area contributed by atoms with Gasteiger partial charge in [-0.05, 0) is 64.4 Å². The number of benzene rings is 1. The first-order valence-corrected chi connectivity index (χ1v) is 12.4. The Balaban J connectivity index is 1.86. The number of likely N-dealkylation sites (tertiary alicyclic amines) is 1. The Morgan fingerprint density at radius 3 is 2.39 bits per heavy atom. The molecular weight excluding hydrogens is 402 g/mol. The number of carbonyl (C=O) groups is 1. The maximum absolute atomic E-state index is 12.9. The van der Waals surface area contributed by atoms with Crippen LogP contribution < -0.4 is 9.03 Å². The fourth-order valence-corrected chi connectivity index (χ4v) is 6.58. The zero-order valence-electron chi connectivity index (χ0n) is 16.4. The number of sulfonamides is 2. The van der Waals surface area contributed by atoms with Crippen molar-refractivity contribution in [1.82, 2.24) is 9.62 Å². The summed E-state index contributed by atoms with van der Waals surface area (Å²) in [5.74, 6) is -0.806. The average Bonchev–Trinajstić information content (AvgIpc) is 3.23. The lowest BCUT2D eigenvalue weighted by atomic mass is 10.0. The molecule has 156 valence electrons. The van der Waals surface area contributed by atoms with Crippen LogP contribution in [-0.4, -0.2) is 58.6 Å². The summed E-state index contributed by atoms with van der Waals surface area (Å²) in [6.07, 6.45) is 2.12. The summed E-state index contributed by atoms with van der Waals surface area (Å²) < 4.78 is 53.6. The molecule has 10 heteroatoms. The Bertz CT molecular complexity index is 980. The quantitative estimate of drug-likeness (QED) is 0.729. The number of rotatable bonds is 6. The van der Waals surface area contributed by atoms with Crippen molar-refractivity contribution < 1.29 is 21.6 Å². The molecule has 0 aliphatic carbocycles. The Kier molecular flexibility index (Phi) is 5.61. The lowest BCUT2D eigenvalue weighted by molar-refractivity contribution is -0.116. The molecule has 0 spiro atoms. The lowest BCUT2D eigenvalue weighted by Crippen LogP contribution is -2.50. The van der Waals surface area contributed by atoms with Crippen LogP contribution in [0.15, 0.2) is 23.1 Å². The summed E-state index contributed by atoms with van der Waals surface area (Å²) in [6.45, 7) is 7.76. The van der Waals surface area contributed by atoms with Crippen molar-refractivity contribution in [2.24, 2.45) is 0 Å². The zero-order valence-corrected chi connectivity index (χ0v) is 18.1. The van der Waals surface area contributed by atoms with Gasteiger partial charge >= 0.3 is 0 Å². The molecule has 2 saturated heterocycles. The number of aryl methyl sites for hydroxylation is 1. The number of amides is 1.